The number of carbonyl (C=O) groups excluding carboxylic acids is 1. The van der Waals surface area contributed by atoms with Crippen LogP contribution in [0, 0.1) is 11.8 Å². The van der Waals surface area contributed by atoms with Crippen LogP contribution in [0.3, 0.4) is 0 Å². The summed E-state index contributed by atoms with van der Waals surface area (Å²) < 4.78 is 12.2. The zero-order valence-corrected chi connectivity index (χ0v) is 4.17. The van der Waals surface area contributed by atoms with Crippen molar-refractivity contribution in [2.75, 3.05) is 0 Å². The molecule has 0 radical (unpaired) electrons. The van der Waals surface area contributed by atoms with Crippen LogP contribution in [0.15, 0.2) is 12.2 Å². The van der Waals surface area contributed by atoms with Gasteiger partial charge in [0.2, 0.25) is 0 Å². The fourth-order valence-electron chi connectivity index (χ4n) is 1.19. The molecule has 3 unspecified atom stereocenters. The van der Waals surface area contributed by atoms with Gasteiger partial charge in [0.25, 0.3) is 0 Å². The third kappa shape index (κ3) is 0.299. The first-order valence-electron chi connectivity index (χ1n) is 2.67. The summed E-state index contributed by atoms with van der Waals surface area (Å²) in [7, 11) is 0. The van der Waals surface area contributed by atoms with Crippen LogP contribution in [0.1, 0.15) is 0 Å². The third-order valence-electron chi connectivity index (χ3n) is 1.80. The highest BCUT2D eigenvalue weighted by atomic mass is 19.1. The molecule has 0 amide bonds. The average molecular weight is 112 g/mol. The zero-order chi connectivity index (χ0) is 5.72. The molecular formula is C6H5FO. The Morgan fingerprint density at radius 3 is 2.62 bits per heavy atom. The monoisotopic (exact) mass is 112 g/mol. The maximum Gasteiger partial charge on any atom is 0.162 e. The van der Waals surface area contributed by atoms with E-state index in [0.717, 1.165) is 0 Å². The molecule has 0 aliphatic heterocycles. The average Bonchev–Trinajstić information content (AvgIpc) is 2.13. The molecule has 2 aliphatic carbocycles. The standard InChI is InChI=1S/C6H5FO/c7-6-3-1-2-4(8)5(3)6/h1-3,5-6H. The predicted octanol–water partition coefficient (Wildman–Crippen LogP) is 0.709. The van der Waals surface area contributed by atoms with Gasteiger partial charge in [0.1, 0.15) is 6.17 Å². The van der Waals surface area contributed by atoms with Crippen LogP contribution in [-0.4, -0.2) is 12.0 Å². The molecule has 1 saturated carbocycles. The van der Waals surface area contributed by atoms with Gasteiger partial charge in [-0.25, -0.2) is 4.39 Å². The number of halogens is 1. The molecule has 42 valence electrons. The van der Waals surface area contributed by atoms with Gasteiger partial charge in [-0.2, -0.15) is 0 Å². The second-order valence-electron chi connectivity index (χ2n) is 2.31. The number of allylic oxidation sites excluding steroid dienone is 2. The van der Waals surface area contributed by atoms with Gasteiger partial charge in [-0.05, 0) is 6.08 Å². The summed E-state index contributed by atoms with van der Waals surface area (Å²) in [6.45, 7) is 0. The summed E-state index contributed by atoms with van der Waals surface area (Å²) in [5.74, 6) is -0.333. The number of ketones is 1. The Morgan fingerprint density at radius 1 is 1.62 bits per heavy atom. The Hall–Kier alpha value is -0.660. The van der Waals surface area contributed by atoms with Crippen molar-refractivity contribution in [3.8, 4) is 0 Å². The number of rotatable bonds is 0. The van der Waals surface area contributed by atoms with Gasteiger partial charge in [0, 0.05) is 5.92 Å². The molecule has 0 N–H and O–H groups in total. The summed E-state index contributed by atoms with van der Waals surface area (Å²) in [5.41, 5.74) is 0. The Bertz CT molecular complexity index is 173. The normalized spacial score (nSPS) is 49.6. The van der Waals surface area contributed by atoms with E-state index in [1.807, 2.05) is 0 Å². The molecule has 8 heavy (non-hydrogen) atoms. The molecule has 2 aliphatic rings. The third-order valence-corrected chi connectivity index (χ3v) is 1.80. The van der Waals surface area contributed by atoms with Crippen LogP contribution in [-0.2, 0) is 4.79 Å². The van der Waals surface area contributed by atoms with Crippen LogP contribution in [0.4, 0.5) is 4.39 Å². The van der Waals surface area contributed by atoms with E-state index in [2.05, 4.69) is 0 Å². The van der Waals surface area contributed by atoms with Gasteiger partial charge in [-0.1, -0.05) is 6.08 Å². The fraction of sp³-hybridized carbons (Fsp3) is 0.500. The Kier molecular flexibility index (Phi) is 0.539. The highest BCUT2D eigenvalue weighted by molar-refractivity contribution is 5.98. The van der Waals surface area contributed by atoms with E-state index in [0.29, 0.717) is 0 Å². The van der Waals surface area contributed by atoms with Crippen LogP contribution in [0.2, 0.25) is 0 Å². The number of fused-ring (bicyclic) bond motifs is 1. The molecule has 0 saturated heterocycles. The van der Waals surface area contributed by atoms with Crippen LogP contribution in [0.5, 0.6) is 0 Å². The maximum atomic E-state index is 12.2. The van der Waals surface area contributed by atoms with Gasteiger partial charge < -0.3 is 0 Å². The van der Waals surface area contributed by atoms with E-state index in [9.17, 15) is 9.18 Å². The Labute approximate surface area is 46.2 Å². The molecule has 2 heteroatoms. The summed E-state index contributed by atoms with van der Waals surface area (Å²) >= 11 is 0. The van der Waals surface area contributed by atoms with Crippen molar-refractivity contribution in [3.05, 3.63) is 12.2 Å². The second-order valence-corrected chi connectivity index (χ2v) is 2.31. The van der Waals surface area contributed by atoms with Gasteiger partial charge in [0.05, 0.1) is 5.92 Å². The van der Waals surface area contributed by atoms with Crippen molar-refractivity contribution in [2.45, 2.75) is 6.17 Å². The topological polar surface area (TPSA) is 17.1 Å². The first-order valence-corrected chi connectivity index (χ1v) is 2.67. The lowest BCUT2D eigenvalue weighted by atomic mass is 10.3. The van der Waals surface area contributed by atoms with Crippen molar-refractivity contribution in [1.82, 2.24) is 0 Å². The van der Waals surface area contributed by atoms with Crippen LogP contribution < -0.4 is 0 Å². The van der Waals surface area contributed by atoms with Crippen LogP contribution in [0.25, 0.3) is 0 Å². The van der Waals surface area contributed by atoms with E-state index >= 15 is 0 Å². The van der Waals surface area contributed by atoms with Gasteiger partial charge >= 0.3 is 0 Å². The second kappa shape index (κ2) is 1.02. The minimum atomic E-state index is -0.840. The van der Waals surface area contributed by atoms with Gasteiger partial charge in [-0.15, -0.1) is 0 Å². The number of alkyl halides is 1. The first-order chi connectivity index (χ1) is 3.80. The molecule has 0 aromatic heterocycles. The lowest BCUT2D eigenvalue weighted by molar-refractivity contribution is -0.115. The molecule has 3 atom stereocenters. The van der Waals surface area contributed by atoms with E-state index < -0.39 is 6.17 Å². The van der Waals surface area contributed by atoms with E-state index in [4.69, 9.17) is 0 Å². The van der Waals surface area contributed by atoms with Gasteiger partial charge in [0.15, 0.2) is 5.78 Å². The van der Waals surface area contributed by atoms with E-state index in [1.54, 1.807) is 6.08 Å². The molecule has 0 spiro atoms. The quantitative estimate of drug-likeness (QED) is 0.451. The van der Waals surface area contributed by atoms with Crippen molar-refractivity contribution < 1.29 is 9.18 Å². The highest BCUT2D eigenvalue weighted by Gasteiger charge is 2.56. The number of carbonyl (C=O) groups is 1. The number of hydrogen-bond donors (Lipinski definition) is 0. The highest BCUT2D eigenvalue weighted by Crippen LogP contribution is 2.47. The largest absolute Gasteiger partial charge is 0.294 e. The van der Waals surface area contributed by atoms with Crippen molar-refractivity contribution >= 4 is 5.78 Å². The fourth-order valence-corrected chi connectivity index (χ4v) is 1.19. The zero-order valence-electron chi connectivity index (χ0n) is 4.17. The lowest BCUT2D eigenvalue weighted by Crippen LogP contribution is -1.94. The minimum absolute atomic E-state index is 0.0255. The molecular weight excluding hydrogens is 107 g/mol. The summed E-state index contributed by atoms with van der Waals surface area (Å²) in [6, 6.07) is 0. The molecule has 1 fully saturated rings. The van der Waals surface area contributed by atoms with Crippen molar-refractivity contribution in [2.24, 2.45) is 11.8 Å². The lowest BCUT2D eigenvalue weighted by Gasteiger charge is -1.80. The summed E-state index contributed by atoms with van der Waals surface area (Å²) in [5, 5.41) is 0. The van der Waals surface area contributed by atoms with E-state index in [1.165, 1.54) is 6.08 Å². The van der Waals surface area contributed by atoms with Gasteiger partial charge in [-0.3, -0.25) is 4.79 Å². The molecule has 0 bridgehead atoms. The predicted molar refractivity (Wildman–Crippen MR) is 26.0 cm³/mol. The number of hydrogen-bond acceptors (Lipinski definition) is 1. The SMILES string of the molecule is O=C1C=CC2C(F)C12. The molecule has 0 aromatic carbocycles. The molecule has 2 rings (SSSR count). The van der Waals surface area contributed by atoms with Crippen molar-refractivity contribution in [3.63, 3.8) is 0 Å². The molecule has 0 heterocycles. The summed E-state index contributed by atoms with van der Waals surface area (Å²) in [4.78, 5) is 10.5. The molecule has 1 nitrogen and oxygen atoms in total. The minimum Gasteiger partial charge on any atom is -0.294 e. The molecule has 0 aromatic rings. The first kappa shape index (κ1) is 4.24. The Morgan fingerprint density at radius 2 is 2.38 bits per heavy atom. The Balaban J connectivity index is 2.29. The smallest absolute Gasteiger partial charge is 0.162 e. The maximum absolute atomic E-state index is 12.2. The van der Waals surface area contributed by atoms with Crippen molar-refractivity contribution in [1.29, 1.82) is 0 Å². The summed E-state index contributed by atoms with van der Waals surface area (Å²) in [6.07, 6.45) is 2.30. The van der Waals surface area contributed by atoms with E-state index in [-0.39, 0.29) is 17.6 Å². The van der Waals surface area contributed by atoms with Crippen LogP contribution >= 0.6 is 0 Å².